The Morgan fingerprint density at radius 1 is 1.40 bits per heavy atom. The number of carboxylic acids is 1. The fraction of sp³-hybridized carbons (Fsp3) is 0.385. The van der Waals surface area contributed by atoms with E-state index in [1.54, 1.807) is 24.3 Å². The second kappa shape index (κ2) is 6.51. The summed E-state index contributed by atoms with van der Waals surface area (Å²) in [4.78, 5) is 24.4. The molecule has 0 saturated carbocycles. The van der Waals surface area contributed by atoms with Crippen molar-refractivity contribution in [3.05, 3.63) is 24.3 Å². The minimum absolute atomic E-state index is 0.204. The van der Waals surface area contributed by atoms with Crippen molar-refractivity contribution in [2.45, 2.75) is 6.04 Å². The topological polar surface area (TPSA) is 76.1 Å². The summed E-state index contributed by atoms with van der Waals surface area (Å²) < 4.78 is 10.5. The zero-order valence-corrected chi connectivity index (χ0v) is 11.8. The van der Waals surface area contributed by atoms with Crippen LogP contribution in [0.2, 0.25) is 0 Å². The van der Waals surface area contributed by atoms with Crippen molar-refractivity contribution < 1.29 is 24.2 Å². The number of ether oxygens (including phenoxy) is 2. The van der Waals surface area contributed by atoms with Gasteiger partial charge in [-0.2, -0.15) is 0 Å². The Labute approximate surface area is 120 Å². The van der Waals surface area contributed by atoms with Crippen molar-refractivity contribution in [3.8, 4) is 11.5 Å². The van der Waals surface area contributed by atoms with Crippen molar-refractivity contribution in [2.24, 2.45) is 0 Å². The number of benzene rings is 1. The van der Waals surface area contributed by atoms with E-state index in [9.17, 15) is 9.59 Å². The van der Waals surface area contributed by atoms with Crippen LogP contribution in [0.1, 0.15) is 0 Å². The van der Waals surface area contributed by atoms with Gasteiger partial charge in [-0.05, 0) is 12.1 Å². The van der Waals surface area contributed by atoms with E-state index < -0.39 is 12.0 Å². The first-order chi connectivity index (χ1) is 9.63. The molecule has 1 saturated heterocycles. The maximum atomic E-state index is 12.0. The zero-order valence-electron chi connectivity index (χ0n) is 10.9. The summed E-state index contributed by atoms with van der Waals surface area (Å²) in [6.45, 7) is -0.204. The number of carboxylic acid groups (broad SMARTS) is 1. The van der Waals surface area contributed by atoms with Crippen molar-refractivity contribution in [3.63, 3.8) is 0 Å². The molecule has 2 rings (SSSR count). The van der Waals surface area contributed by atoms with Crippen LogP contribution in [0.15, 0.2) is 24.3 Å². The fourth-order valence-electron chi connectivity index (χ4n) is 1.85. The second-order valence-corrected chi connectivity index (χ2v) is 5.16. The number of hydrogen-bond donors (Lipinski definition) is 1. The molecule has 1 aliphatic heterocycles. The molecule has 1 aliphatic rings. The van der Waals surface area contributed by atoms with E-state index in [-0.39, 0.29) is 12.5 Å². The molecule has 108 valence electrons. The van der Waals surface area contributed by atoms with Gasteiger partial charge >= 0.3 is 5.97 Å². The van der Waals surface area contributed by atoms with Gasteiger partial charge in [0.2, 0.25) is 0 Å². The van der Waals surface area contributed by atoms with Crippen molar-refractivity contribution in [2.75, 3.05) is 25.3 Å². The Hall–Kier alpha value is -1.89. The summed E-state index contributed by atoms with van der Waals surface area (Å²) in [7, 11) is 1.52. The smallest absolute Gasteiger partial charge is 0.327 e. The van der Waals surface area contributed by atoms with Crippen molar-refractivity contribution in [1.82, 2.24) is 4.90 Å². The van der Waals surface area contributed by atoms with Crippen LogP contribution in [0.5, 0.6) is 11.5 Å². The highest BCUT2D eigenvalue weighted by molar-refractivity contribution is 7.99. The predicted octanol–water partition coefficient (Wildman–Crippen LogP) is 1.06. The van der Waals surface area contributed by atoms with Crippen LogP contribution in [0.3, 0.4) is 0 Å². The van der Waals surface area contributed by atoms with Gasteiger partial charge in [-0.15, -0.1) is 11.8 Å². The molecule has 1 fully saturated rings. The van der Waals surface area contributed by atoms with Crippen LogP contribution in [-0.4, -0.2) is 53.3 Å². The Morgan fingerprint density at radius 2 is 2.10 bits per heavy atom. The van der Waals surface area contributed by atoms with Gasteiger partial charge in [0.05, 0.1) is 13.0 Å². The summed E-state index contributed by atoms with van der Waals surface area (Å²) in [5, 5.41) is 9.03. The molecule has 1 aromatic carbocycles. The van der Waals surface area contributed by atoms with Crippen LogP contribution >= 0.6 is 11.8 Å². The first kappa shape index (κ1) is 14.5. The number of nitrogens with zero attached hydrogens (tertiary/aromatic N) is 1. The molecule has 0 radical (unpaired) electrons. The van der Waals surface area contributed by atoms with E-state index >= 15 is 0 Å². The predicted molar refractivity (Wildman–Crippen MR) is 74.1 cm³/mol. The number of methoxy groups -OCH3 is 1. The summed E-state index contributed by atoms with van der Waals surface area (Å²) in [5.41, 5.74) is 0. The normalized spacial score (nSPS) is 17.9. The summed E-state index contributed by atoms with van der Waals surface area (Å²) in [6.07, 6.45) is 0. The average Bonchev–Trinajstić information content (AvgIpc) is 2.94. The van der Waals surface area contributed by atoms with Gasteiger partial charge in [0.15, 0.2) is 18.1 Å². The Morgan fingerprint density at radius 3 is 2.75 bits per heavy atom. The van der Waals surface area contributed by atoms with Gasteiger partial charge in [0.1, 0.15) is 6.04 Å². The molecular formula is C13H15NO5S. The molecule has 7 heteroatoms. The van der Waals surface area contributed by atoms with E-state index in [1.807, 2.05) is 0 Å². The number of amides is 1. The lowest BCUT2D eigenvalue weighted by Crippen LogP contribution is -2.43. The van der Waals surface area contributed by atoms with Crippen LogP contribution in [0.25, 0.3) is 0 Å². The van der Waals surface area contributed by atoms with Gasteiger partial charge in [-0.25, -0.2) is 4.79 Å². The standard InChI is InChI=1S/C13H15NO5S/c1-18-10-4-2-3-5-11(10)19-6-12(15)14-8-20-7-9(14)13(16)17/h2-5,9H,6-8H2,1H3,(H,16,17)/t9-/m0/s1. The third-order valence-corrected chi connectivity index (χ3v) is 3.92. The van der Waals surface area contributed by atoms with E-state index in [4.69, 9.17) is 14.6 Å². The van der Waals surface area contributed by atoms with Crippen molar-refractivity contribution >= 4 is 23.6 Å². The van der Waals surface area contributed by atoms with Crippen LogP contribution in [0.4, 0.5) is 0 Å². The maximum Gasteiger partial charge on any atom is 0.327 e. The minimum Gasteiger partial charge on any atom is -0.493 e. The molecule has 6 nitrogen and oxygen atoms in total. The summed E-state index contributed by atoms with van der Waals surface area (Å²) in [5.74, 6) is 0.461. The lowest BCUT2D eigenvalue weighted by Gasteiger charge is -2.20. The third kappa shape index (κ3) is 3.16. The molecule has 1 heterocycles. The van der Waals surface area contributed by atoms with Gasteiger partial charge in [-0.1, -0.05) is 12.1 Å². The maximum absolute atomic E-state index is 12.0. The molecule has 0 bridgehead atoms. The largest absolute Gasteiger partial charge is 0.493 e. The first-order valence-electron chi connectivity index (χ1n) is 5.99. The lowest BCUT2D eigenvalue weighted by molar-refractivity contribution is -0.148. The summed E-state index contributed by atoms with van der Waals surface area (Å²) in [6, 6.07) is 6.22. The van der Waals surface area contributed by atoms with E-state index in [0.717, 1.165) is 0 Å². The number of hydrogen-bond acceptors (Lipinski definition) is 5. The lowest BCUT2D eigenvalue weighted by atomic mass is 10.3. The van der Waals surface area contributed by atoms with Crippen molar-refractivity contribution in [1.29, 1.82) is 0 Å². The monoisotopic (exact) mass is 297 g/mol. The molecule has 0 aliphatic carbocycles. The molecular weight excluding hydrogens is 282 g/mol. The Kier molecular flexibility index (Phi) is 4.73. The Bertz CT molecular complexity index is 507. The second-order valence-electron chi connectivity index (χ2n) is 4.16. The summed E-state index contributed by atoms with van der Waals surface area (Å²) >= 11 is 1.42. The SMILES string of the molecule is COc1ccccc1OCC(=O)N1CSC[C@H]1C(=O)O. The quantitative estimate of drug-likeness (QED) is 0.876. The molecule has 1 N–H and O–H groups in total. The molecule has 1 aromatic rings. The number of carbonyl (C=O) groups is 2. The van der Waals surface area contributed by atoms with Gasteiger partial charge in [-0.3, -0.25) is 4.79 Å². The number of carbonyl (C=O) groups excluding carboxylic acids is 1. The number of rotatable bonds is 5. The number of thioether (sulfide) groups is 1. The van der Waals surface area contributed by atoms with Crippen LogP contribution in [0, 0.1) is 0 Å². The highest BCUT2D eigenvalue weighted by Gasteiger charge is 2.34. The molecule has 1 atom stereocenters. The van der Waals surface area contributed by atoms with E-state index in [0.29, 0.717) is 23.1 Å². The number of para-hydroxylation sites is 2. The molecule has 20 heavy (non-hydrogen) atoms. The van der Waals surface area contributed by atoms with Crippen LogP contribution in [-0.2, 0) is 9.59 Å². The fourth-order valence-corrected chi connectivity index (χ4v) is 3.03. The molecule has 0 aromatic heterocycles. The zero-order chi connectivity index (χ0) is 14.5. The highest BCUT2D eigenvalue weighted by Crippen LogP contribution is 2.26. The van der Waals surface area contributed by atoms with Gasteiger partial charge < -0.3 is 19.5 Å². The minimum atomic E-state index is -0.986. The molecule has 0 unspecified atom stereocenters. The molecule has 0 spiro atoms. The first-order valence-corrected chi connectivity index (χ1v) is 7.14. The van der Waals surface area contributed by atoms with Gasteiger partial charge in [0.25, 0.3) is 5.91 Å². The number of aliphatic carboxylic acids is 1. The van der Waals surface area contributed by atoms with Crippen LogP contribution < -0.4 is 9.47 Å². The van der Waals surface area contributed by atoms with E-state index in [1.165, 1.54) is 23.8 Å². The molecule has 1 amide bonds. The van der Waals surface area contributed by atoms with E-state index in [2.05, 4.69) is 0 Å². The average molecular weight is 297 g/mol. The third-order valence-electron chi connectivity index (χ3n) is 2.91. The van der Waals surface area contributed by atoms with Gasteiger partial charge in [0, 0.05) is 5.75 Å². The highest BCUT2D eigenvalue weighted by atomic mass is 32.2. The Balaban J connectivity index is 1.97.